The van der Waals surface area contributed by atoms with Crippen molar-refractivity contribution >= 4 is 21.8 Å². The van der Waals surface area contributed by atoms with Crippen LogP contribution in [0.1, 0.15) is 0 Å². The fourth-order valence-electron chi connectivity index (χ4n) is 0. The van der Waals surface area contributed by atoms with E-state index in [4.69, 9.17) is 0 Å². The van der Waals surface area contributed by atoms with E-state index in [2.05, 4.69) is 9.42 Å². The van der Waals surface area contributed by atoms with Gasteiger partial charge in [0.25, 0.3) is 0 Å². The number of hydrogen-bond acceptors (Lipinski definition) is 0. The van der Waals surface area contributed by atoms with E-state index in [0.717, 1.165) is 0 Å². The van der Waals surface area contributed by atoms with Crippen LogP contribution in [0, 0.1) is 0 Å². The van der Waals surface area contributed by atoms with Crippen molar-refractivity contribution in [1.29, 1.82) is 0 Å². The van der Waals surface area contributed by atoms with Gasteiger partial charge in [0.15, 0.2) is 0 Å². The molecule has 0 unspecified atom stereocenters. The number of hydrogen-bond donors (Lipinski definition) is 0. The normalized spacial score (nSPS) is 0.875. The maximum Gasteiger partial charge on any atom is -0.693 e. The van der Waals surface area contributed by atoms with Crippen molar-refractivity contribution in [3.05, 3.63) is 30.8 Å². The maximum absolute atomic E-state index is 4.61. The van der Waals surface area contributed by atoms with Gasteiger partial charge in [0, 0.05) is 0 Å². The summed E-state index contributed by atoms with van der Waals surface area (Å²) in [6.45, 7) is 0. The second-order valence-corrected chi connectivity index (χ2v) is 0. The predicted molar refractivity (Wildman–Crippen MR) is 39.5 cm³/mol. The smallest absolute Gasteiger partial charge is 0.693 e. The molecular weight excluding hydrogens is 336 g/mol. The van der Waals surface area contributed by atoms with Gasteiger partial charge in [0.2, 0.25) is 0 Å². The van der Waals surface area contributed by atoms with E-state index in [9.17, 15) is 0 Å². The van der Waals surface area contributed by atoms with Gasteiger partial charge in [-0.2, -0.15) is 0 Å². The second-order valence-electron chi connectivity index (χ2n) is 0. The van der Waals surface area contributed by atoms with Crippen molar-refractivity contribution in [3.8, 4) is 0 Å². The largest absolute Gasteiger partial charge is 0.693 e. The van der Waals surface area contributed by atoms with Crippen LogP contribution < -0.4 is 0 Å². The van der Waals surface area contributed by atoms with E-state index in [-0.39, 0.29) is 43.2 Å². The van der Waals surface area contributed by atoms with Crippen molar-refractivity contribution in [2.24, 2.45) is 0 Å². The quantitative estimate of drug-likeness (QED) is 0.593. The maximum atomic E-state index is 4.61. The van der Waals surface area contributed by atoms with Crippen molar-refractivity contribution < 1.29 is 18.8 Å². The van der Waals surface area contributed by atoms with Crippen LogP contribution in [0.2, 0.25) is 0 Å². The van der Waals surface area contributed by atoms with Crippen molar-refractivity contribution in [2.45, 2.75) is 0 Å². The summed E-state index contributed by atoms with van der Waals surface area (Å²) in [5, 5.41) is 0. The molecule has 0 aliphatic carbocycles. The summed E-state index contributed by atoms with van der Waals surface area (Å²) in [6.07, 6.45) is 0. The Kier molecular flexibility index (Phi) is 6090. The van der Waals surface area contributed by atoms with Crippen LogP contribution in [-0.2, 0) is 18.8 Å². The molecule has 0 rings (SSSR count). The minimum atomic E-state index is 0. The second kappa shape index (κ2) is 353. The molecule has 0 aromatic carbocycles. The Balaban J connectivity index is -0.000000000333. The van der Waals surface area contributed by atoms with E-state index >= 15 is 0 Å². The van der Waals surface area contributed by atoms with E-state index in [0.29, 0.717) is 0 Å². The molecule has 0 radical (unpaired) electrons. The summed E-state index contributed by atoms with van der Waals surface area (Å²) < 4.78 is 0. The van der Waals surface area contributed by atoms with Crippen LogP contribution in [0.3, 0.4) is 0 Å². The van der Waals surface area contributed by atoms with E-state index < -0.39 is 0 Å². The first-order valence-electron chi connectivity index (χ1n) is 0.120. The Bertz CT molecular complexity index is 10.4. The molecule has 0 aliphatic heterocycles. The van der Waals surface area contributed by atoms with Crippen molar-refractivity contribution in [2.75, 3.05) is 0 Å². The average Bonchev–Trinajstić information content (AvgIpc) is 1.00. The first-order chi connectivity index (χ1) is 1.00. The molecule has 0 amide bonds. The molecule has 0 bridgehead atoms. The molecule has 0 atom stereocenters. The molecule has 0 spiro atoms. The van der Waals surface area contributed by atoms with Crippen LogP contribution in [0.15, 0.2) is 0 Å². The number of nitrogens with two attached hydrogens (primary N) is 5. The molecule has 65 valence electrons. The Morgan fingerprint density at radius 3 is 0.625 bits per heavy atom. The summed E-state index contributed by atoms with van der Waals surface area (Å²) in [5.41, 5.74) is 0. The first-order valence-corrected chi connectivity index (χ1v) is 2.94. The minimum absolute atomic E-state index is 0. The molecule has 8 heavy (non-hydrogen) atoms. The van der Waals surface area contributed by atoms with Gasteiger partial charge in [0.05, 0.1) is 0 Å². The Morgan fingerprint density at radius 2 is 0.625 bits per heavy atom. The molecular formula is H11Cl2N5Pt-5. The molecule has 5 nitrogen and oxygen atoms in total. The third-order valence-corrected chi connectivity index (χ3v) is 0. The first kappa shape index (κ1) is 138. The van der Waals surface area contributed by atoms with Gasteiger partial charge < -0.3 is 30.8 Å². The van der Waals surface area contributed by atoms with Crippen LogP contribution in [0.4, 0.5) is 0 Å². The molecule has 0 fully saturated rings. The standard InChI is InChI=1S/2ClH.5H2N.Pt/h2*1H;5*1H2;/q;;5*-1;+1/p-1. The zero-order valence-corrected chi connectivity index (χ0v) is 7.83. The topological polar surface area (TPSA) is 168 Å². The summed E-state index contributed by atoms with van der Waals surface area (Å²) in [6, 6.07) is 0. The molecule has 0 heterocycles. The monoisotopic (exact) mass is 346 g/mol. The van der Waals surface area contributed by atoms with Crippen molar-refractivity contribution in [3.63, 3.8) is 0 Å². The molecule has 0 aliphatic rings. The molecule has 0 saturated heterocycles. The van der Waals surface area contributed by atoms with E-state index in [1.807, 2.05) is 0 Å². The van der Waals surface area contributed by atoms with Gasteiger partial charge in [-0.05, 0) is 0 Å². The van der Waals surface area contributed by atoms with Gasteiger partial charge in [0.1, 0.15) is 0 Å². The van der Waals surface area contributed by atoms with Crippen LogP contribution in [0.25, 0.3) is 30.8 Å². The number of rotatable bonds is 0. The zero-order valence-electron chi connectivity index (χ0n) is 3.99. The average molecular weight is 347 g/mol. The van der Waals surface area contributed by atoms with Gasteiger partial charge in [-0.15, -0.1) is 12.4 Å². The van der Waals surface area contributed by atoms with Crippen molar-refractivity contribution in [1.82, 2.24) is 0 Å². The Morgan fingerprint density at radius 1 is 0.625 bits per heavy atom. The van der Waals surface area contributed by atoms with E-state index in [1.54, 1.807) is 18.8 Å². The summed E-state index contributed by atoms with van der Waals surface area (Å²) >= 11 is 1.61. The van der Waals surface area contributed by atoms with E-state index in [1.165, 1.54) is 0 Å². The molecule has 10 N–H and O–H groups in total. The third kappa shape index (κ3) is 228. The van der Waals surface area contributed by atoms with Crippen LogP contribution >= 0.6 is 21.8 Å². The zero-order chi connectivity index (χ0) is 2.00. The molecule has 0 aromatic heterocycles. The van der Waals surface area contributed by atoms with Gasteiger partial charge in [-0.25, -0.2) is 0 Å². The molecule has 0 aromatic rings. The molecule has 8 heteroatoms. The Hall–Kier alpha value is 1.07. The summed E-state index contributed by atoms with van der Waals surface area (Å²) in [5.74, 6) is 0. The molecule has 0 saturated carbocycles. The fourth-order valence-corrected chi connectivity index (χ4v) is 0. The Labute approximate surface area is 71.5 Å². The van der Waals surface area contributed by atoms with Gasteiger partial charge >= 0.3 is 28.2 Å². The van der Waals surface area contributed by atoms with Gasteiger partial charge in [-0.3, -0.25) is 0 Å². The SMILES string of the molecule is Cl.[Cl][Pt].[NH2-].[NH2-].[NH2-].[NH2-].[NH2-]. The van der Waals surface area contributed by atoms with Gasteiger partial charge in [-0.1, -0.05) is 0 Å². The minimum Gasteiger partial charge on any atom is -0.693 e. The van der Waals surface area contributed by atoms with Crippen LogP contribution in [-0.4, -0.2) is 0 Å². The summed E-state index contributed by atoms with van der Waals surface area (Å²) in [7, 11) is 4.61. The van der Waals surface area contributed by atoms with Crippen LogP contribution in [0.5, 0.6) is 0 Å². The predicted octanol–water partition coefficient (Wildman–Crippen LogP) is 4.69. The fraction of sp³-hybridized carbons (Fsp3) is 0. The third-order valence-electron chi connectivity index (χ3n) is 0. The summed E-state index contributed by atoms with van der Waals surface area (Å²) in [4.78, 5) is 0. The number of halogens is 2.